The third-order valence-corrected chi connectivity index (χ3v) is 4.17. The summed E-state index contributed by atoms with van der Waals surface area (Å²) in [6.45, 7) is 0.0542. The minimum absolute atomic E-state index is 0.0542. The van der Waals surface area contributed by atoms with Gasteiger partial charge in [-0.1, -0.05) is 24.3 Å². The maximum absolute atomic E-state index is 13.6. The highest BCUT2D eigenvalue weighted by atomic mass is 79.9. The molecule has 2 aromatic carbocycles. The number of nitrogens with one attached hydrogen (secondary N) is 2. The predicted molar refractivity (Wildman–Crippen MR) is 94.5 cm³/mol. The molecule has 0 unspecified atom stereocenters. The van der Waals surface area contributed by atoms with Crippen molar-refractivity contribution in [1.29, 1.82) is 0 Å². The number of ether oxygens (including phenoxy) is 1. The Morgan fingerprint density at radius 2 is 1.73 bits per heavy atom. The van der Waals surface area contributed by atoms with Gasteiger partial charge in [-0.3, -0.25) is 20.2 Å². The van der Waals surface area contributed by atoms with Crippen molar-refractivity contribution in [1.82, 2.24) is 10.6 Å². The van der Waals surface area contributed by atoms with Gasteiger partial charge in [-0.25, -0.2) is 9.18 Å². The largest absolute Gasteiger partial charge is 0.488 e. The molecule has 8 heteroatoms. The van der Waals surface area contributed by atoms with Gasteiger partial charge in [0.25, 0.3) is 11.8 Å². The fourth-order valence-electron chi connectivity index (χ4n) is 2.27. The number of imide groups is 2. The molecule has 132 valence electrons. The summed E-state index contributed by atoms with van der Waals surface area (Å²) in [6, 6.07) is 10.3. The second-order valence-corrected chi connectivity index (χ2v) is 6.22. The molecule has 0 saturated carbocycles. The average molecular weight is 419 g/mol. The van der Waals surface area contributed by atoms with Crippen molar-refractivity contribution in [3.63, 3.8) is 0 Å². The molecule has 0 atom stereocenters. The Bertz CT molecular complexity index is 921. The van der Waals surface area contributed by atoms with E-state index in [1.165, 1.54) is 12.1 Å². The predicted octanol–water partition coefficient (Wildman–Crippen LogP) is 2.92. The minimum Gasteiger partial charge on any atom is -0.488 e. The highest BCUT2D eigenvalue weighted by Gasteiger charge is 2.27. The Balaban J connectivity index is 1.76. The van der Waals surface area contributed by atoms with Crippen LogP contribution in [0, 0.1) is 5.82 Å². The van der Waals surface area contributed by atoms with Gasteiger partial charge in [0.2, 0.25) is 0 Å². The number of hydrogen-bond donors (Lipinski definition) is 2. The summed E-state index contributed by atoms with van der Waals surface area (Å²) in [5.74, 6) is -1.42. The smallest absolute Gasteiger partial charge is 0.328 e. The summed E-state index contributed by atoms with van der Waals surface area (Å²) < 4.78 is 19.8. The van der Waals surface area contributed by atoms with E-state index in [1.807, 2.05) is 10.6 Å². The molecule has 3 rings (SSSR count). The minimum atomic E-state index is -0.852. The number of barbiturate groups is 1. The van der Waals surface area contributed by atoms with Gasteiger partial charge in [-0.2, -0.15) is 0 Å². The van der Waals surface area contributed by atoms with E-state index in [9.17, 15) is 18.8 Å². The Labute approximate surface area is 156 Å². The lowest BCUT2D eigenvalue weighted by molar-refractivity contribution is -0.123. The molecule has 1 aliphatic heterocycles. The van der Waals surface area contributed by atoms with E-state index in [-0.39, 0.29) is 18.0 Å². The van der Waals surface area contributed by atoms with Gasteiger partial charge in [0.1, 0.15) is 23.7 Å². The van der Waals surface area contributed by atoms with Gasteiger partial charge >= 0.3 is 6.03 Å². The van der Waals surface area contributed by atoms with Crippen LogP contribution in [0.15, 0.2) is 52.5 Å². The van der Waals surface area contributed by atoms with E-state index >= 15 is 0 Å². The Hall–Kier alpha value is -3.00. The van der Waals surface area contributed by atoms with Crippen LogP contribution in [-0.4, -0.2) is 17.8 Å². The molecule has 0 aliphatic carbocycles. The highest BCUT2D eigenvalue weighted by molar-refractivity contribution is 9.10. The first kappa shape index (κ1) is 17.8. The fourth-order valence-corrected chi connectivity index (χ4v) is 2.78. The number of amides is 4. The van der Waals surface area contributed by atoms with Gasteiger partial charge in [0, 0.05) is 5.56 Å². The molecule has 1 saturated heterocycles. The number of benzene rings is 2. The highest BCUT2D eigenvalue weighted by Crippen LogP contribution is 2.28. The molecule has 6 nitrogen and oxygen atoms in total. The van der Waals surface area contributed by atoms with Crippen LogP contribution < -0.4 is 15.4 Å². The topological polar surface area (TPSA) is 84.5 Å². The zero-order valence-corrected chi connectivity index (χ0v) is 14.8. The van der Waals surface area contributed by atoms with Crippen molar-refractivity contribution in [3.05, 3.63) is 69.5 Å². The van der Waals surface area contributed by atoms with Gasteiger partial charge in [0.15, 0.2) is 0 Å². The third-order valence-electron chi connectivity index (χ3n) is 3.55. The first-order chi connectivity index (χ1) is 12.4. The number of carbonyl (C=O) groups excluding carboxylic acids is 3. The number of hydrogen-bond acceptors (Lipinski definition) is 4. The summed E-state index contributed by atoms with van der Waals surface area (Å²) in [5, 5.41) is 4.00. The average Bonchev–Trinajstić information content (AvgIpc) is 2.58. The quantitative estimate of drug-likeness (QED) is 0.590. The zero-order chi connectivity index (χ0) is 18.7. The normalized spacial score (nSPS) is 13.9. The van der Waals surface area contributed by atoms with Crippen molar-refractivity contribution in [3.8, 4) is 5.75 Å². The van der Waals surface area contributed by atoms with Crippen molar-refractivity contribution < 1.29 is 23.5 Å². The summed E-state index contributed by atoms with van der Waals surface area (Å²) in [6.07, 6.45) is 1.35. The molecule has 0 aromatic heterocycles. The van der Waals surface area contributed by atoms with Crippen molar-refractivity contribution >= 4 is 39.9 Å². The molecule has 26 heavy (non-hydrogen) atoms. The Morgan fingerprint density at radius 1 is 1.04 bits per heavy atom. The van der Waals surface area contributed by atoms with E-state index in [0.29, 0.717) is 21.3 Å². The van der Waals surface area contributed by atoms with Crippen LogP contribution in [-0.2, 0) is 16.2 Å². The molecule has 0 radical (unpaired) electrons. The molecule has 2 aromatic rings. The molecule has 1 fully saturated rings. The van der Waals surface area contributed by atoms with Crippen LogP contribution >= 0.6 is 15.9 Å². The van der Waals surface area contributed by atoms with E-state index in [2.05, 4.69) is 15.9 Å². The summed E-state index contributed by atoms with van der Waals surface area (Å²) in [7, 11) is 0. The number of carbonyl (C=O) groups is 3. The van der Waals surface area contributed by atoms with E-state index in [0.717, 1.165) is 0 Å². The second-order valence-electron chi connectivity index (χ2n) is 5.37. The fraction of sp³-hybridized carbons (Fsp3) is 0.0556. The standard InChI is InChI=1S/C18H12BrFN2O4/c19-13-8-10(7-12-16(23)21-18(25)22-17(12)24)5-6-15(13)26-9-11-3-1-2-4-14(11)20/h1-8H,9H2,(H2,21,22,23,24,25). The molecule has 0 bridgehead atoms. The first-order valence-electron chi connectivity index (χ1n) is 7.48. The number of halogens is 2. The molecule has 0 spiro atoms. The molecular weight excluding hydrogens is 407 g/mol. The van der Waals surface area contributed by atoms with Crippen LogP contribution in [0.1, 0.15) is 11.1 Å². The first-order valence-corrected chi connectivity index (χ1v) is 8.27. The second kappa shape index (κ2) is 7.49. The molecule has 2 N–H and O–H groups in total. The third kappa shape index (κ3) is 3.97. The van der Waals surface area contributed by atoms with Crippen LogP contribution in [0.25, 0.3) is 6.08 Å². The summed E-state index contributed by atoms with van der Waals surface area (Å²) in [4.78, 5) is 34.5. The van der Waals surface area contributed by atoms with E-state index in [4.69, 9.17) is 4.74 Å². The lowest BCUT2D eigenvalue weighted by atomic mass is 10.1. The lowest BCUT2D eigenvalue weighted by Crippen LogP contribution is -2.51. The van der Waals surface area contributed by atoms with Gasteiger partial charge < -0.3 is 4.74 Å². The molecule has 1 heterocycles. The number of urea groups is 1. The monoisotopic (exact) mass is 418 g/mol. The van der Waals surface area contributed by atoms with Crippen LogP contribution in [0.2, 0.25) is 0 Å². The summed E-state index contributed by atoms with van der Waals surface area (Å²) in [5.41, 5.74) is 0.784. The molecular formula is C18H12BrFN2O4. The van der Waals surface area contributed by atoms with Gasteiger partial charge in [-0.15, -0.1) is 0 Å². The Morgan fingerprint density at radius 3 is 2.38 bits per heavy atom. The van der Waals surface area contributed by atoms with Gasteiger partial charge in [-0.05, 0) is 45.8 Å². The summed E-state index contributed by atoms with van der Waals surface area (Å²) >= 11 is 3.34. The molecule has 1 aliphatic rings. The molecule has 4 amide bonds. The van der Waals surface area contributed by atoms with Gasteiger partial charge in [0.05, 0.1) is 4.47 Å². The maximum Gasteiger partial charge on any atom is 0.328 e. The van der Waals surface area contributed by atoms with Crippen LogP contribution in [0.3, 0.4) is 0 Å². The maximum atomic E-state index is 13.6. The SMILES string of the molecule is O=C1NC(=O)C(=Cc2ccc(OCc3ccccc3F)c(Br)c2)C(=O)N1. The van der Waals surface area contributed by atoms with E-state index < -0.39 is 17.8 Å². The lowest BCUT2D eigenvalue weighted by Gasteiger charge is -2.14. The van der Waals surface area contributed by atoms with Crippen molar-refractivity contribution in [2.24, 2.45) is 0 Å². The zero-order valence-electron chi connectivity index (χ0n) is 13.2. The van der Waals surface area contributed by atoms with Crippen LogP contribution in [0.5, 0.6) is 5.75 Å². The Kier molecular flexibility index (Phi) is 5.13. The van der Waals surface area contributed by atoms with Crippen molar-refractivity contribution in [2.75, 3.05) is 0 Å². The van der Waals surface area contributed by atoms with Crippen molar-refractivity contribution in [2.45, 2.75) is 6.61 Å². The van der Waals surface area contributed by atoms with Crippen LogP contribution in [0.4, 0.5) is 9.18 Å². The van der Waals surface area contributed by atoms with E-state index in [1.54, 1.807) is 36.4 Å². The number of rotatable bonds is 4.